The average Bonchev–Trinajstić information content (AvgIpc) is 3.29. The van der Waals surface area contributed by atoms with Crippen LogP contribution in [0, 0.1) is 22.7 Å². The third kappa shape index (κ3) is 32.4. The molecule has 0 N–H and O–H groups in total. The van der Waals surface area contributed by atoms with E-state index in [1.54, 1.807) is 12.8 Å². The Morgan fingerprint density at radius 2 is 0.460 bits per heavy atom. The van der Waals surface area contributed by atoms with E-state index in [0.29, 0.717) is 10.8 Å². The Kier molecular flexibility index (Phi) is 48.5. The van der Waals surface area contributed by atoms with Gasteiger partial charge < -0.3 is 0 Å². The molecule has 0 bridgehead atoms. The second-order valence-electron chi connectivity index (χ2n) is 22.3. The first kappa shape index (κ1) is 63.0. The molecule has 0 saturated heterocycles. The van der Waals surface area contributed by atoms with E-state index in [2.05, 4.69) is 55.4 Å². The largest absolute Gasteiger partial charge is 0.0654 e. The maximum absolute atomic E-state index is 2.84. The lowest BCUT2D eigenvalue weighted by Crippen LogP contribution is -2.51. The molecule has 0 radical (unpaired) electrons. The fraction of sp³-hybridized carbons (Fsp3) is 1.00. The molecule has 0 aliphatic heterocycles. The predicted octanol–water partition coefficient (Wildman–Crippen LogP) is 24.2. The SMILES string of the molecule is CCCCCCCCCCCCC(C)C(CC)(CCCCCCCCCCCC)C(CCCCCCCCCC)(CCCCCCCCCCC)C(CC)CCCCCCCCC. The third-order valence-electron chi connectivity index (χ3n) is 17.2. The van der Waals surface area contributed by atoms with Crippen molar-refractivity contribution in [3.05, 3.63) is 0 Å². The average molecular weight is 886 g/mol. The quantitative estimate of drug-likeness (QED) is 0.0534. The van der Waals surface area contributed by atoms with Gasteiger partial charge in [0.1, 0.15) is 0 Å². The topological polar surface area (TPSA) is 0 Å². The summed E-state index contributed by atoms with van der Waals surface area (Å²) in [5.74, 6) is 1.76. The van der Waals surface area contributed by atoms with E-state index >= 15 is 0 Å². The minimum Gasteiger partial charge on any atom is -0.0654 e. The van der Waals surface area contributed by atoms with Crippen LogP contribution >= 0.6 is 0 Å². The van der Waals surface area contributed by atoms with Crippen LogP contribution < -0.4 is 0 Å². The Hall–Kier alpha value is 0. The van der Waals surface area contributed by atoms with Crippen molar-refractivity contribution in [2.24, 2.45) is 22.7 Å². The van der Waals surface area contributed by atoms with Gasteiger partial charge in [0.15, 0.2) is 0 Å². The van der Waals surface area contributed by atoms with Crippen molar-refractivity contribution in [3.63, 3.8) is 0 Å². The lowest BCUT2D eigenvalue weighted by molar-refractivity contribution is -0.0997. The molecule has 0 nitrogen and oxygen atoms in total. The van der Waals surface area contributed by atoms with Gasteiger partial charge in [-0.25, -0.2) is 0 Å². The molecule has 0 heterocycles. The van der Waals surface area contributed by atoms with Gasteiger partial charge in [-0.2, -0.15) is 0 Å². The highest BCUT2D eigenvalue weighted by molar-refractivity contribution is 5.03. The van der Waals surface area contributed by atoms with Gasteiger partial charge in [0.25, 0.3) is 0 Å². The summed E-state index contributed by atoms with van der Waals surface area (Å²) in [6.45, 7) is 20.0. The first-order valence-electron chi connectivity index (χ1n) is 31.0. The van der Waals surface area contributed by atoms with E-state index in [0.717, 1.165) is 11.8 Å². The Labute approximate surface area is 403 Å². The molecule has 0 aromatic heterocycles. The van der Waals surface area contributed by atoms with E-state index in [4.69, 9.17) is 0 Å². The lowest BCUT2D eigenvalue weighted by Gasteiger charge is -2.59. The Morgan fingerprint density at radius 1 is 0.238 bits per heavy atom. The fourth-order valence-electron chi connectivity index (χ4n) is 13.0. The van der Waals surface area contributed by atoms with Gasteiger partial charge in [0.2, 0.25) is 0 Å². The van der Waals surface area contributed by atoms with Crippen LogP contribution in [-0.2, 0) is 0 Å². The zero-order valence-corrected chi connectivity index (χ0v) is 46.2. The molecule has 4 unspecified atom stereocenters. The number of hydrogen-bond donors (Lipinski definition) is 0. The molecular weight excluding hydrogens is 757 g/mol. The van der Waals surface area contributed by atoms with Crippen LogP contribution in [-0.4, -0.2) is 0 Å². The summed E-state index contributed by atoms with van der Waals surface area (Å²) in [6.07, 6.45) is 74.9. The fourth-order valence-corrected chi connectivity index (χ4v) is 13.0. The number of rotatable bonds is 54. The molecule has 63 heavy (non-hydrogen) atoms. The van der Waals surface area contributed by atoms with Crippen LogP contribution in [0.15, 0.2) is 0 Å². The van der Waals surface area contributed by atoms with Crippen LogP contribution in [0.25, 0.3) is 0 Å². The molecule has 0 aromatic rings. The van der Waals surface area contributed by atoms with Crippen molar-refractivity contribution in [1.29, 1.82) is 0 Å². The Bertz CT molecular complexity index is 843. The molecule has 0 fully saturated rings. The molecule has 0 rings (SSSR count). The minimum atomic E-state index is 0.496. The molecule has 0 aromatic carbocycles. The molecule has 0 aliphatic rings. The number of unbranched alkanes of at least 4 members (excludes halogenated alkanes) is 39. The van der Waals surface area contributed by atoms with Crippen molar-refractivity contribution < 1.29 is 0 Å². The van der Waals surface area contributed by atoms with Gasteiger partial charge in [-0.05, 0) is 54.8 Å². The molecule has 4 atom stereocenters. The van der Waals surface area contributed by atoms with E-state index in [-0.39, 0.29) is 0 Å². The summed E-state index contributed by atoms with van der Waals surface area (Å²) >= 11 is 0. The molecule has 380 valence electrons. The molecule has 0 aliphatic carbocycles. The van der Waals surface area contributed by atoms with Crippen LogP contribution in [0.4, 0.5) is 0 Å². The summed E-state index contributed by atoms with van der Waals surface area (Å²) in [6, 6.07) is 0. The zero-order chi connectivity index (χ0) is 46.2. The van der Waals surface area contributed by atoms with E-state index < -0.39 is 0 Å². The highest BCUT2D eigenvalue weighted by Crippen LogP contribution is 2.63. The van der Waals surface area contributed by atoms with Crippen molar-refractivity contribution >= 4 is 0 Å². The van der Waals surface area contributed by atoms with E-state index in [9.17, 15) is 0 Å². The first-order chi connectivity index (χ1) is 31.0. The van der Waals surface area contributed by atoms with Gasteiger partial charge >= 0.3 is 0 Å². The van der Waals surface area contributed by atoms with Gasteiger partial charge in [0.05, 0.1) is 0 Å². The van der Waals surface area contributed by atoms with Crippen LogP contribution in [0.3, 0.4) is 0 Å². The van der Waals surface area contributed by atoms with Crippen LogP contribution in [0.1, 0.15) is 383 Å². The molecule has 0 saturated carbocycles. The number of hydrogen-bond acceptors (Lipinski definition) is 0. The maximum Gasteiger partial charge on any atom is -0.0210 e. The molecule has 0 spiro atoms. The zero-order valence-electron chi connectivity index (χ0n) is 46.2. The second kappa shape index (κ2) is 48.5. The molecule has 0 heteroatoms. The van der Waals surface area contributed by atoms with Crippen molar-refractivity contribution in [1.82, 2.24) is 0 Å². The maximum atomic E-state index is 2.84. The van der Waals surface area contributed by atoms with Crippen molar-refractivity contribution in [2.75, 3.05) is 0 Å². The summed E-state index contributed by atoms with van der Waals surface area (Å²) in [5.41, 5.74) is 1.01. The second-order valence-corrected chi connectivity index (χ2v) is 22.3. The van der Waals surface area contributed by atoms with Gasteiger partial charge in [-0.1, -0.05) is 351 Å². The summed E-state index contributed by atoms with van der Waals surface area (Å²) < 4.78 is 0. The minimum absolute atomic E-state index is 0.496. The van der Waals surface area contributed by atoms with Crippen molar-refractivity contribution in [2.45, 2.75) is 383 Å². The smallest absolute Gasteiger partial charge is 0.0210 e. The lowest BCUT2D eigenvalue weighted by atomic mass is 9.45. The van der Waals surface area contributed by atoms with Gasteiger partial charge in [-0.3, -0.25) is 0 Å². The summed E-state index contributed by atoms with van der Waals surface area (Å²) in [5, 5.41) is 0. The third-order valence-corrected chi connectivity index (χ3v) is 17.2. The van der Waals surface area contributed by atoms with Crippen molar-refractivity contribution in [3.8, 4) is 0 Å². The Morgan fingerprint density at radius 3 is 0.714 bits per heavy atom. The first-order valence-corrected chi connectivity index (χ1v) is 31.0. The van der Waals surface area contributed by atoms with Gasteiger partial charge in [0, 0.05) is 0 Å². The van der Waals surface area contributed by atoms with E-state index in [1.165, 1.54) is 315 Å². The molecule has 0 amide bonds. The van der Waals surface area contributed by atoms with E-state index in [1.807, 2.05) is 0 Å². The van der Waals surface area contributed by atoms with Crippen LogP contribution in [0.5, 0.6) is 0 Å². The molecular formula is C63H128. The van der Waals surface area contributed by atoms with Gasteiger partial charge in [-0.15, -0.1) is 0 Å². The summed E-state index contributed by atoms with van der Waals surface area (Å²) in [4.78, 5) is 0. The summed E-state index contributed by atoms with van der Waals surface area (Å²) in [7, 11) is 0. The normalized spacial score (nSPS) is 14.9. The monoisotopic (exact) mass is 885 g/mol. The highest BCUT2D eigenvalue weighted by atomic mass is 14.6. The Balaban J connectivity index is 6.56. The predicted molar refractivity (Wildman–Crippen MR) is 293 cm³/mol. The van der Waals surface area contributed by atoms with Crippen LogP contribution in [0.2, 0.25) is 0 Å². The standard InChI is InChI=1S/C63H128/c1-9-16-21-26-31-35-37-41-45-50-55-60(8)62(15-7,57-52-47-43-39-36-32-27-22-17-10-2)63(58-53-48-42-34-29-24-19-12-4,59-54-49-44-38-33-28-23-18-11-3)61(14-6)56-51-46-40-30-25-20-13-5/h60-61H,9-59H2,1-8H3. The highest BCUT2D eigenvalue weighted by Gasteiger charge is 2.54.